The second-order valence-corrected chi connectivity index (χ2v) is 19.6. The molecule has 0 spiro atoms. The number of anilines is 1. The summed E-state index contributed by atoms with van der Waals surface area (Å²) >= 11 is 0. The summed E-state index contributed by atoms with van der Waals surface area (Å²) in [5.74, 6) is 0.544. The van der Waals surface area contributed by atoms with Crippen LogP contribution >= 0.6 is 0 Å². The molecule has 0 N–H and O–H groups in total. The number of nitrogens with zero attached hydrogens (tertiary/aromatic N) is 4. The zero-order chi connectivity index (χ0) is 32.0. The number of carbonyl (C=O) groups excluding carboxylic acids is 1. The summed E-state index contributed by atoms with van der Waals surface area (Å²) in [5.41, 5.74) is 0.677. The first-order valence-electron chi connectivity index (χ1n) is 14.0. The minimum atomic E-state index is -4.32. The number of carbonyl (C=O) groups is 1. The van der Waals surface area contributed by atoms with Crippen molar-refractivity contribution < 1.29 is 36.2 Å². The quantitative estimate of drug-likeness (QED) is 0.148. The van der Waals surface area contributed by atoms with Gasteiger partial charge in [0.15, 0.2) is 5.76 Å². The normalized spacial score (nSPS) is 15.5. The number of ether oxygens (including phenoxy) is 3. The lowest BCUT2D eigenvalue weighted by molar-refractivity contribution is 0.0385. The van der Waals surface area contributed by atoms with Gasteiger partial charge in [0, 0.05) is 20.2 Å². The highest BCUT2D eigenvalue weighted by molar-refractivity contribution is 7.93. The smallest absolute Gasteiger partial charge is 0.339 e. The van der Waals surface area contributed by atoms with Gasteiger partial charge in [-0.2, -0.15) is 0 Å². The van der Waals surface area contributed by atoms with Crippen LogP contribution in [0.15, 0.2) is 52.9 Å². The van der Waals surface area contributed by atoms with Gasteiger partial charge in [-0.05, 0) is 56.3 Å². The molecule has 2 aromatic carbocycles. The summed E-state index contributed by atoms with van der Waals surface area (Å²) in [4.78, 5) is 12.6. The van der Waals surface area contributed by atoms with Crippen LogP contribution in [0.3, 0.4) is 0 Å². The number of methoxy groups -OCH3 is 2. The standard InChI is InChI=1S/C30H35FN4O7SSi/c1-18-11-14-25(41-18)28-32-33-30(35(28)26-23(39-3)9-8-10-24(26)40-4)34(15-16-44(5,6)7)43(37,38)19(2)27-21-13-12-20(31)17-22(21)29(36)42-27/h8-14,17,19,27H,15-16H2,1-7H3. The summed E-state index contributed by atoms with van der Waals surface area (Å²) in [6, 6.07) is 12.9. The van der Waals surface area contributed by atoms with Crippen molar-refractivity contribution in [2.24, 2.45) is 0 Å². The number of cyclic esters (lactones) is 1. The Hall–Kier alpha value is -4.17. The van der Waals surface area contributed by atoms with Gasteiger partial charge >= 0.3 is 5.97 Å². The van der Waals surface area contributed by atoms with Crippen molar-refractivity contribution in [2.75, 3.05) is 25.1 Å². The first kappa shape index (κ1) is 31.3. The molecule has 0 aliphatic carbocycles. The molecular formula is C30H35FN4O7SSi. The molecule has 14 heteroatoms. The van der Waals surface area contributed by atoms with Crippen molar-refractivity contribution in [2.45, 2.75) is 50.9 Å². The van der Waals surface area contributed by atoms with Gasteiger partial charge in [-0.3, -0.25) is 4.57 Å². The monoisotopic (exact) mass is 642 g/mol. The van der Waals surface area contributed by atoms with E-state index in [-0.39, 0.29) is 23.9 Å². The lowest BCUT2D eigenvalue weighted by atomic mass is 10.0. The van der Waals surface area contributed by atoms with Crippen molar-refractivity contribution in [1.29, 1.82) is 0 Å². The third kappa shape index (κ3) is 5.71. The maximum atomic E-state index is 14.7. The van der Waals surface area contributed by atoms with Gasteiger partial charge in [-0.15, -0.1) is 10.2 Å². The third-order valence-corrected chi connectivity index (χ3v) is 11.4. The molecular weight excluding hydrogens is 608 g/mol. The number of benzene rings is 2. The topological polar surface area (TPSA) is 126 Å². The number of fused-ring (bicyclic) bond motifs is 1. The van der Waals surface area contributed by atoms with Crippen molar-refractivity contribution in [1.82, 2.24) is 14.8 Å². The fraction of sp³-hybridized carbons (Fsp3) is 0.367. The molecule has 2 aromatic heterocycles. The number of hydrogen-bond acceptors (Lipinski definition) is 9. The van der Waals surface area contributed by atoms with Crippen molar-refractivity contribution >= 4 is 30.0 Å². The van der Waals surface area contributed by atoms with Crippen LogP contribution in [0.5, 0.6) is 11.5 Å². The molecule has 0 saturated heterocycles. The molecule has 5 rings (SSSR count). The maximum absolute atomic E-state index is 14.7. The zero-order valence-electron chi connectivity index (χ0n) is 25.6. The number of rotatable bonds is 11. The second kappa shape index (κ2) is 11.7. The van der Waals surface area contributed by atoms with Gasteiger partial charge in [0.2, 0.25) is 21.8 Å². The van der Waals surface area contributed by atoms with E-state index in [1.165, 1.54) is 37.6 Å². The van der Waals surface area contributed by atoms with Crippen molar-refractivity contribution in [3.05, 3.63) is 71.2 Å². The zero-order valence-corrected chi connectivity index (χ0v) is 27.4. The van der Waals surface area contributed by atoms with E-state index in [0.29, 0.717) is 40.3 Å². The highest BCUT2D eigenvalue weighted by Crippen LogP contribution is 2.42. The Balaban J connectivity index is 1.73. The number of hydrogen-bond donors (Lipinski definition) is 0. The van der Waals surface area contributed by atoms with Crippen LogP contribution in [0.4, 0.5) is 10.3 Å². The Morgan fingerprint density at radius 2 is 1.75 bits per heavy atom. The van der Waals surface area contributed by atoms with Crippen LogP contribution in [0.2, 0.25) is 25.7 Å². The molecule has 234 valence electrons. The van der Waals surface area contributed by atoms with E-state index in [2.05, 4.69) is 29.8 Å². The van der Waals surface area contributed by atoms with Crippen LogP contribution < -0.4 is 13.8 Å². The third-order valence-electron chi connectivity index (χ3n) is 7.50. The molecule has 1 aliphatic rings. The summed E-state index contributed by atoms with van der Waals surface area (Å²) in [6.07, 6.45) is -1.16. The SMILES string of the molecule is COc1cccc(OC)c1-n1c(-c2ccc(C)o2)nnc1N(CC[Si](C)(C)C)S(=O)(=O)C(C)C1OC(=O)c2cc(F)ccc21. The van der Waals surface area contributed by atoms with Gasteiger partial charge in [0.25, 0.3) is 0 Å². The highest BCUT2D eigenvalue weighted by Gasteiger charge is 2.45. The minimum absolute atomic E-state index is 0.00287. The molecule has 44 heavy (non-hydrogen) atoms. The fourth-order valence-corrected chi connectivity index (χ4v) is 7.75. The largest absolute Gasteiger partial charge is 0.494 e. The summed E-state index contributed by atoms with van der Waals surface area (Å²) in [5, 5.41) is 7.56. The molecule has 0 radical (unpaired) electrons. The Bertz CT molecular complexity index is 1790. The lowest BCUT2D eigenvalue weighted by Gasteiger charge is -2.31. The van der Waals surface area contributed by atoms with Gasteiger partial charge in [0.1, 0.15) is 40.1 Å². The van der Waals surface area contributed by atoms with E-state index >= 15 is 0 Å². The number of aryl methyl sites for hydroxylation is 1. The number of sulfonamides is 1. The number of para-hydroxylation sites is 1. The first-order valence-corrected chi connectivity index (χ1v) is 19.2. The molecule has 0 bridgehead atoms. The fourth-order valence-electron chi connectivity index (χ4n) is 5.09. The van der Waals surface area contributed by atoms with Crippen LogP contribution in [0, 0.1) is 12.7 Å². The van der Waals surface area contributed by atoms with Crippen LogP contribution in [-0.2, 0) is 14.8 Å². The molecule has 2 unspecified atom stereocenters. The number of halogens is 1. The maximum Gasteiger partial charge on any atom is 0.339 e. The number of furan rings is 1. The Morgan fingerprint density at radius 3 is 2.34 bits per heavy atom. The van der Waals surface area contributed by atoms with E-state index in [1.54, 1.807) is 41.8 Å². The van der Waals surface area contributed by atoms with Crippen LogP contribution in [0.1, 0.15) is 34.7 Å². The van der Waals surface area contributed by atoms with E-state index in [1.807, 2.05) is 0 Å². The van der Waals surface area contributed by atoms with Gasteiger partial charge in [0.05, 0.1) is 19.8 Å². The van der Waals surface area contributed by atoms with Gasteiger partial charge < -0.3 is 18.6 Å². The molecule has 0 fully saturated rings. The predicted octanol–water partition coefficient (Wildman–Crippen LogP) is 5.77. The molecule has 0 amide bonds. The average Bonchev–Trinajstić information content (AvgIpc) is 3.68. The molecule has 0 saturated carbocycles. The van der Waals surface area contributed by atoms with Crippen molar-refractivity contribution in [3.63, 3.8) is 0 Å². The predicted molar refractivity (Wildman–Crippen MR) is 165 cm³/mol. The van der Waals surface area contributed by atoms with E-state index in [4.69, 9.17) is 18.6 Å². The van der Waals surface area contributed by atoms with Crippen LogP contribution in [-0.4, -0.2) is 63.2 Å². The molecule has 4 aromatic rings. The summed E-state index contributed by atoms with van der Waals surface area (Å²) in [6.45, 7) is 9.73. The number of aromatic nitrogens is 3. The summed E-state index contributed by atoms with van der Waals surface area (Å²) in [7, 11) is -3.15. The van der Waals surface area contributed by atoms with Gasteiger partial charge in [-0.1, -0.05) is 31.8 Å². The number of esters is 1. The summed E-state index contributed by atoms with van der Waals surface area (Å²) < 4.78 is 68.9. The van der Waals surface area contributed by atoms with Crippen LogP contribution in [0.25, 0.3) is 17.3 Å². The first-order chi connectivity index (χ1) is 20.8. The lowest BCUT2D eigenvalue weighted by Crippen LogP contribution is -2.44. The average molecular weight is 643 g/mol. The van der Waals surface area contributed by atoms with E-state index in [9.17, 15) is 17.6 Å². The second-order valence-electron chi connectivity index (χ2n) is 11.8. The Labute approximate surface area is 256 Å². The Morgan fingerprint density at radius 1 is 1.07 bits per heavy atom. The molecule has 1 aliphatic heterocycles. The van der Waals surface area contributed by atoms with Gasteiger partial charge in [-0.25, -0.2) is 21.9 Å². The molecule has 11 nitrogen and oxygen atoms in total. The minimum Gasteiger partial charge on any atom is -0.494 e. The highest BCUT2D eigenvalue weighted by atomic mass is 32.2. The van der Waals surface area contributed by atoms with Crippen molar-refractivity contribution in [3.8, 4) is 28.8 Å². The Kier molecular flexibility index (Phi) is 8.33. The van der Waals surface area contributed by atoms with E-state index < -0.39 is 41.2 Å². The molecule has 3 heterocycles. The van der Waals surface area contributed by atoms with E-state index in [0.717, 1.165) is 6.07 Å². The molecule has 2 atom stereocenters.